The van der Waals surface area contributed by atoms with Crippen LogP contribution >= 0.6 is 11.8 Å². The van der Waals surface area contributed by atoms with E-state index in [2.05, 4.69) is 5.32 Å². The average molecular weight is 420 g/mol. The summed E-state index contributed by atoms with van der Waals surface area (Å²) in [4.78, 5) is 40.4. The molecule has 0 saturated carbocycles. The molecule has 1 aromatic heterocycles. The molecule has 2 amide bonds. The Labute approximate surface area is 177 Å². The van der Waals surface area contributed by atoms with E-state index in [1.165, 1.54) is 21.3 Å². The van der Waals surface area contributed by atoms with Gasteiger partial charge >= 0.3 is 0 Å². The summed E-state index contributed by atoms with van der Waals surface area (Å²) in [6, 6.07) is 16.6. The van der Waals surface area contributed by atoms with E-state index in [9.17, 15) is 14.4 Å². The zero-order valence-electron chi connectivity index (χ0n) is 16.7. The first-order valence-corrected chi connectivity index (χ1v) is 10.5. The first kappa shape index (κ1) is 18.7. The van der Waals surface area contributed by atoms with Crippen LogP contribution in [0.25, 0.3) is 5.69 Å². The number of aromatic nitrogens is 2. The number of rotatable bonds is 2. The summed E-state index contributed by atoms with van der Waals surface area (Å²) in [6.45, 7) is 3.57. The number of carbonyl (C=O) groups is 2. The predicted molar refractivity (Wildman–Crippen MR) is 117 cm³/mol. The molecule has 2 atom stereocenters. The molecular weight excluding hydrogens is 400 g/mol. The van der Waals surface area contributed by atoms with E-state index in [-0.39, 0.29) is 23.1 Å². The highest BCUT2D eigenvalue weighted by atomic mass is 32.2. The molecule has 1 spiro atoms. The SMILES string of the molecule is Cc1c(N2C(=O)[C@@H](C)S[C@@]23C(=O)Nc2ccccc23)c(=O)n(-c2ccccc2)n1C. The third-order valence-electron chi connectivity index (χ3n) is 5.83. The maximum atomic E-state index is 13.6. The average Bonchev–Trinajstić information content (AvgIpc) is 3.25. The van der Waals surface area contributed by atoms with Gasteiger partial charge in [-0.05, 0) is 32.0 Å². The number of hydrogen-bond donors (Lipinski definition) is 1. The highest BCUT2D eigenvalue weighted by molar-refractivity contribution is 8.03. The van der Waals surface area contributed by atoms with Crippen LogP contribution in [0.3, 0.4) is 0 Å². The topological polar surface area (TPSA) is 76.3 Å². The second-order valence-electron chi connectivity index (χ2n) is 7.49. The van der Waals surface area contributed by atoms with Gasteiger partial charge in [-0.2, -0.15) is 0 Å². The summed E-state index contributed by atoms with van der Waals surface area (Å²) in [5, 5.41) is 2.43. The molecule has 2 aromatic carbocycles. The summed E-state index contributed by atoms with van der Waals surface area (Å²) in [7, 11) is 1.78. The molecule has 5 rings (SSSR count). The highest BCUT2D eigenvalue weighted by Crippen LogP contribution is 2.55. The molecule has 152 valence electrons. The molecule has 8 heteroatoms. The van der Waals surface area contributed by atoms with Crippen molar-refractivity contribution in [2.75, 3.05) is 10.2 Å². The van der Waals surface area contributed by atoms with Crippen LogP contribution in [0.1, 0.15) is 18.2 Å². The Kier molecular flexibility index (Phi) is 3.98. The molecule has 1 fully saturated rings. The Morgan fingerprint density at radius 1 is 1.00 bits per heavy atom. The van der Waals surface area contributed by atoms with Crippen LogP contribution in [0.5, 0.6) is 0 Å². The molecule has 3 heterocycles. The number of nitrogens with zero attached hydrogens (tertiary/aromatic N) is 3. The summed E-state index contributed by atoms with van der Waals surface area (Å²) < 4.78 is 3.25. The number of hydrogen-bond acceptors (Lipinski definition) is 4. The third-order valence-corrected chi connectivity index (χ3v) is 7.31. The zero-order valence-corrected chi connectivity index (χ0v) is 17.6. The smallest absolute Gasteiger partial charge is 0.295 e. The highest BCUT2D eigenvalue weighted by Gasteiger charge is 2.62. The van der Waals surface area contributed by atoms with E-state index in [1.54, 1.807) is 25.6 Å². The van der Waals surface area contributed by atoms with Gasteiger partial charge in [0.2, 0.25) is 10.8 Å². The number of nitrogens with one attached hydrogen (secondary N) is 1. The Bertz CT molecular complexity index is 1260. The monoisotopic (exact) mass is 420 g/mol. The van der Waals surface area contributed by atoms with E-state index in [0.717, 1.165) is 0 Å². The van der Waals surface area contributed by atoms with Gasteiger partial charge in [-0.25, -0.2) is 4.68 Å². The van der Waals surface area contributed by atoms with Crippen LogP contribution < -0.4 is 15.8 Å². The normalized spacial score (nSPS) is 22.6. The fourth-order valence-electron chi connectivity index (χ4n) is 4.33. The van der Waals surface area contributed by atoms with Crippen molar-refractivity contribution in [3.05, 3.63) is 76.2 Å². The summed E-state index contributed by atoms with van der Waals surface area (Å²) >= 11 is 1.27. The summed E-state index contributed by atoms with van der Waals surface area (Å²) in [6.07, 6.45) is 0. The van der Waals surface area contributed by atoms with Gasteiger partial charge in [0.15, 0.2) is 0 Å². The van der Waals surface area contributed by atoms with Crippen molar-refractivity contribution in [3.63, 3.8) is 0 Å². The lowest BCUT2D eigenvalue weighted by Crippen LogP contribution is -2.49. The maximum absolute atomic E-state index is 13.6. The zero-order chi connectivity index (χ0) is 21.2. The van der Waals surface area contributed by atoms with Crippen LogP contribution in [-0.4, -0.2) is 26.4 Å². The van der Waals surface area contributed by atoms with Gasteiger partial charge in [0.25, 0.3) is 11.5 Å². The number of carbonyl (C=O) groups excluding carboxylic acids is 2. The number of benzene rings is 2. The molecule has 0 aliphatic carbocycles. The first-order chi connectivity index (χ1) is 14.4. The number of fused-ring (bicyclic) bond motifs is 2. The van der Waals surface area contributed by atoms with E-state index in [4.69, 9.17) is 0 Å². The predicted octanol–water partition coefficient (Wildman–Crippen LogP) is 2.76. The fraction of sp³-hybridized carbons (Fsp3) is 0.227. The van der Waals surface area contributed by atoms with Gasteiger partial charge in [0, 0.05) is 18.3 Å². The lowest BCUT2D eigenvalue weighted by Gasteiger charge is -2.31. The van der Waals surface area contributed by atoms with Gasteiger partial charge in [0.05, 0.1) is 16.6 Å². The Balaban J connectivity index is 1.79. The van der Waals surface area contributed by atoms with Crippen LogP contribution in [0.2, 0.25) is 0 Å². The van der Waals surface area contributed by atoms with Crippen molar-refractivity contribution >= 4 is 35.0 Å². The number of thioether (sulfide) groups is 1. The molecule has 2 aliphatic heterocycles. The van der Waals surface area contributed by atoms with E-state index >= 15 is 0 Å². The summed E-state index contributed by atoms with van der Waals surface area (Å²) in [5.41, 5.74) is 2.57. The van der Waals surface area contributed by atoms with Gasteiger partial charge in [-0.15, -0.1) is 11.8 Å². The van der Waals surface area contributed by atoms with Crippen LogP contribution in [0.4, 0.5) is 11.4 Å². The van der Waals surface area contributed by atoms with Crippen LogP contribution in [0, 0.1) is 6.92 Å². The summed E-state index contributed by atoms with van der Waals surface area (Å²) in [5.74, 6) is -0.557. The molecule has 7 nitrogen and oxygen atoms in total. The molecule has 30 heavy (non-hydrogen) atoms. The Hall–Kier alpha value is -3.26. The Morgan fingerprint density at radius 2 is 1.67 bits per heavy atom. The van der Waals surface area contributed by atoms with Crippen molar-refractivity contribution in [2.24, 2.45) is 7.05 Å². The molecular formula is C22H20N4O3S. The van der Waals surface area contributed by atoms with Crippen LogP contribution in [0.15, 0.2) is 59.4 Å². The maximum Gasteiger partial charge on any atom is 0.295 e. The minimum Gasteiger partial charge on any atom is -0.323 e. The number of para-hydroxylation sites is 2. The minimum absolute atomic E-state index is 0.232. The first-order valence-electron chi connectivity index (χ1n) is 9.65. The molecule has 0 bridgehead atoms. The Morgan fingerprint density at radius 3 is 2.40 bits per heavy atom. The number of anilines is 2. The van der Waals surface area contributed by atoms with Crippen molar-refractivity contribution in [2.45, 2.75) is 24.0 Å². The van der Waals surface area contributed by atoms with E-state index in [0.29, 0.717) is 22.6 Å². The lowest BCUT2D eigenvalue weighted by atomic mass is 10.0. The minimum atomic E-state index is -1.30. The largest absolute Gasteiger partial charge is 0.323 e. The molecule has 0 unspecified atom stereocenters. The second-order valence-corrected chi connectivity index (χ2v) is 9.02. The van der Waals surface area contributed by atoms with Crippen molar-refractivity contribution in [3.8, 4) is 5.69 Å². The fourth-order valence-corrected chi connectivity index (χ4v) is 5.80. The third kappa shape index (κ3) is 2.25. The standard InChI is InChI=1S/C22H20N4O3S/c1-13-18(20(28)26(24(13)3)15-9-5-4-6-10-15)25-19(27)14(2)30-22(25)16-11-7-8-12-17(16)23-21(22)29/h4-12,14H,1-3H3,(H,23,29)/t14-,22+/m1/s1. The molecule has 2 aliphatic rings. The molecule has 3 aromatic rings. The van der Waals surface area contributed by atoms with Gasteiger partial charge in [-0.1, -0.05) is 36.4 Å². The molecule has 1 N–H and O–H groups in total. The van der Waals surface area contributed by atoms with Gasteiger partial charge in [0.1, 0.15) is 5.69 Å². The van der Waals surface area contributed by atoms with Crippen molar-refractivity contribution < 1.29 is 9.59 Å². The van der Waals surface area contributed by atoms with Crippen LogP contribution in [-0.2, 0) is 21.5 Å². The van der Waals surface area contributed by atoms with Crippen molar-refractivity contribution in [1.29, 1.82) is 0 Å². The van der Waals surface area contributed by atoms with Gasteiger partial charge < -0.3 is 5.32 Å². The molecule has 1 saturated heterocycles. The van der Waals surface area contributed by atoms with E-state index in [1.807, 2.05) is 54.6 Å². The number of amides is 2. The molecule has 0 radical (unpaired) electrons. The van der Waals surface area contributed by atoms with Crippen molar-refractivity contribution in [1.82, 2.24) is 9.36 Å². The van der Waals surface area contributed by atoms with Gasteiger partial charge in [-0.3, -0.25) is 24.0 Å². The van der Waals surface area contributed by atoms with E-state index < -0.39 is 10.1 Å². The quantitative estimate of drug-likeness (QED) is 0.692. The second kappa shape index (κ2) is 6.37. The lowest BCUT2D eigenvalue weighted by molar-refractivity contribution is -0.122.